The molecule has 0 aromatic rings. The van der Waals surface area contributed by atoms with Gasteiger partial charge in [0.15, 0.2) is 0 Å². The minimum Gasteiger partial charge on any atom is -0.389 e. The van der Waals surface area contributed by atoms with Crippen molar-refractivity contribution < 1.29 is 14.6 Å². The van der Waals surface area contributed by atoms with E-state index in [0.717, 1.165) is 37.7 Å². The Morgan fingerprint density at radius 2 is 1.40 bits per heavy atom. The molecule has 0 aromatic heterocycles. The molecule has 0 amide bonds. The summed E-state index contributed by atoms with van der Waals surface area (Å²) in [6, 6.07) is 0. The molecule has 3 heteroatoms. The fourth-order valence-corrected chi connectivity index (χ4v) is 3.15. The number of halogens is 1. The van der Waals surface area contributed by atoms with Crippen LogP contribution in [-0.4, -0.2) is 29.1 Å². The van der Waals surface area contributed by atoms with Crippen LogP contribution >= 0.6 is 0 Å². The van der Waals surface area contributed by atoms with Crippen LogP contribution in [0.25, 0.3) is 0 Å². The highest BCUT2D eigenvalue weighted by Crippen LogP contribution is 2.29. The van der Waals surface area contributed by atoms with Crippen LogP contribution in [0.4, 0.5) is 4.39 Å². The lowest BCUT2D eigenvalue weighted by atomic mass is 9.78. The Labute approximate surface area is 152 Å². The van der Waals surface area contributed by atoms with E-state index >= 15 is 0 Å². The topological polar surface area (TPSA) is 40.5 Å². The summed E-state index contributed by atoms with van der Waals surface area (Å²) >= 11 is 0. The first-order chi connectivity index (χ1) is 11.8. The first-order valence-corrected chi connectivity index (χ1v) is 9.42. The molecule has 1 rings (SSSR count). The Kier molecular flexibility index (Phi) is 9.99. The number of hydrogen-bond acceptors (Lipinski definition) is 2. The van der Waals surface area contributed by atoms with E-state index in [9.17, 15) is 14.6 Å². The average Bonchev–Trinajstić information content (AvgIpc) is 2.58. The Balaban J connectivity index is 2.38. The molecule has 142 valence electrons. The summed E-state index contributed by atoms with van der Waals surface area (Å²) in [5.41, 5.74) is 3.48. The third-order valence-corrected chi connectivity index (χ3v) is 5.17. The smallest absolute Gasteiger partial charge is 0.110 e. The summed E-state index contributed by atoms with van der Waals surface area (Å²) in [4.78, 5) is 0. The van der Waals surface area contributed by atoms with Crippen LogP contribution in [0.15, 0.2) is 47.1 Å². The van der Waals surface area contributed by atoms with Crippen LogP contribution in [0.5, 0.6) is 0 Å². The highest BCUT2D eigenvalue weighted by molar-refractivity contribution is 5.10. The molecule has 0 radical (unpaired) electrons. The van der Waals surface area contributed by atoms with Crippen molar-refractivity contribution in [1.82, 2.24) is 0 Å². The van der Waals surface area contributed by atoms with Crippen LogP contribution in [0.1, 0.15) is 59.8 Å². The minimum absolute atomic E-state index is 0.0759. The van der Waals surface area contributed by atoms with Gasteiger partial charge in [0, 0.05) is 0 Å². The lowest BCUT2D eigenvalue weighted by molar-refractivity contribution is 0.0432. The summed E-state index contributed by atoms with van der Waals surface area (Å²) in [6.07, 6.45) is 13.6. The second kappa shape index (κ2) is 11.4. The lowest BCUT2D eigenvalue weighted by Crippen LogP contribution is -2.35. The predicted molar refractivity (Wildman–Crippen MR) is 104 cm³/mol. The van der Waals surface area contributed by atoms with Gasteiger partial charge >= 0.3 is 0 Å². The first kappa shape index (κ1) is 21.9. The van der Waals surface area contributed by atoms with Crippen LogP contribution in [-0.2, 0) is 0 Å². The maximum atomic E-state index is 12.4. The first-order valence-electron chi connectivity index (χ1n) is 9.42. The maximum Gasteiger partial charge on any atom is 0.110 e. The zero-order chi connectivity index (χ0) is 18.8. The van der Waals surface area contributed by atoms with Gasteiger partial charge in [-0.1, -0.05) is 48.5 Å². The molecule has 1 aliphatic carbocycles. The zero-order valence-corrected chi connectivity index (χ0v) is 16.2. The van der Waals surface area contributed by atoms with Crippen molar-refractivity contribution in [3.05, 3.63) is 47.1 Å². The third-order valence-electron chi connectivity index (χ3n) is 5.17. The summed E-state index contributed by atoms with van der Waals surface area (Å²) < 4.78 is 12.4. The summed E-state index contributed by atoms with van der Waals surface area (Å²) in [5.74, 6) is 0.157. The van der Waals surface area contributed by atoms with Crippen molar-refractivity contribution in [1.29, 1.82) is 0 Å². The number of alkyl halides is 1. The maximum absolute atomic E-state index is 12.4. The zero-order valence-electron chi connectivity index (χ0n) is 16.2. The van der Waals surface area contributed by atoms with Gasteiger partial charge in [0.2, 0.25) is 0 Å². The van der Waals surface area contributed by atoms with Gasteiger partial charge in [-0.25, -0.2) is 4.39 Å². The monoisotopic (exact) mass is 350 g/mol. The fraction of sp³-hybridized carbons (Fsp3) is 0.636. The molecular weight excluding hydrogens is 315 g/mol. The van der Waals surface area contributed by atoms with Crippen LogP contribution in [0, 0.1) is 11.8 Å². The van der Waals surface area contributed by atoms with Crippen molar-refractivity contribution in [2.75, 3.05) is 6.67 Å². The molecule has 0 saturated heterocycles. The molecule has 0 heterocycles. The van der Waals surface area contributed by atoms with Crippen molar-refractivity contribution in [2.45, 2.75) is 72.0 Å². The molecular formula is C22H35FO2. The molecule has 0 saturated carbocycles. The highest BCUT2D eigenvalue weighted by atomic mass is 19.1. The Morgan fingerprint density at radius 1 is 0.880 bits per heavy atom. The molecule has 0 aromatic carbocycles. The molecule has 2 N–H and O–H groups in total. The molecule has 25 heavy (non-hydrogen) atoms. The average molecular weight is 351 g/mol. The Morgan fingerprint density at radius 3 is 2.00 bits per heavy atom. The van der Waals surface area contributed by atoms with E-state index in [0.29, 0.717) is 0 Å². The largest absolute Gasteiger partial charge is 0.389 e. The van der Waals surface area contributed by atoms with Crippen molar-refractivity contribution >= 4 is 0 Å². The summed E-state index contributed by atoms with van der Waals surface area (Å²) in [7, 11) is 0. The normalized spacial score (nSPS) is 28.5. The molecule has 4 atom stereocenters. The molecule has 1 aliphatic rings. The highest BCUT2D eigenvalue weighted by Gasteiger charge is 2.30. The SMILES string of the molecule is C/C(=C\CC/C(C)=C/CC/C(C)=C/CC1C(O)C=CC(O)C1C)CF. The van der Waals surface area contributed by atoms with Gasteiger partial charge in [-0.05, 0) is 70.3 Å². The number of aliphatic hydroxyl groups is 2. The summed E-state index contributed by atoms with van der Waals surface area (Å²) in [5, 5.41) is 20.0. The molecule has 0 aliphatic heterocycles. The number of allylic oxidation sites excluding steroid dienone is 6. The van der Waals surface area contributed by atoms with Gasteiger partial charge < -0.3 is 10.2 Å². The lowest BCUT2D eigenvalue weighted by Gasteiger charge is -2.32. The predicted octanol–water partition coefficient (Wildman–Crippen LogP) is 5.29. The Hall–Kier alpha value is -1.19. The third kappa shape index (κ3) is 8.15. The van der Waals surface area contributed by atoms with Crippen LogP contribution < -0.4 is 0 Å². The standard InChI is InChI=1S/C22H35FO2/c1-16(8-6-10-18(3)15-23)7-5-9-17(2)11-12-20-19(4)21(24)13-14-22(20)25/h7,10-11,13-14,19-22,24-25H,5-6,8-9,12,15H2,1-4H3/b16-7+,17-11+,18-10+. The van der Waals surface area contributed by atoms with Crippen molar-refractivity contribution in [2.24, 2.45) is 11.8 Å². The van der Waals surface area contributed by atoms with E-state index in [2.05, 4.69) is 26.0 Å². The molecule has 0 bridgehead atoms. The number of aliphatic hydroxyl groups excluding tert-OH is 2. The molecule has 2 nitrogen and oxygen atoms in total. The number of hydrogen-bond donors (Lipinski definition) is 2. The van der Waals surface area contributed by atoms with Gasteiger partial charge in [0.25, 0.3) is 0 Å². The van der Waals surface area contributed by atoms with Crippen molar-refractivity contribution in [3.63, 3.8) is 0 Å². The van der Waals surface area contributed by atoms with E-state index in [1.165, 1.54) is 11.1 Å². The van der Waals surface area contributed by atoms with E-state index in [1.54, 1.807) is 12.2 Å². The fourth-order valence-electron chi connectivity index (χ4n) is 3.15. The van der Waals surface area contributed by atoms with Crippen molar-refractivity contribution in [3.8, 4) is 0 Å². The molecule has 0 fully saturated rings. The van der Waals surface area contributed by atoms with Crippen LogP contribution in [0.2, 0.25) is 0 Å². The second-order valence-electron chi connectivity index (χ2n) is 7.49. The van der Waals surface area contributed by atoms with E-state index < -0.39 is 12.2 Å². The van der Waals surface area contributed by atoms with Gasteiger partial charge in [-0.3, -0.25) is 0 Å². The van der Waals surface area contributed by atoms with Gasteiger partial charge in [-0.2, -0.15) is 0 Å². The van der Waals surface area contributed by atoms with E-state index in [-0.39, 0.29) is 18.5 Å². The Bertz CT molecular complexity index is 516. The summed E-state index contributed by atoms with van der Waals surface area (Å²) in [6.45, 7) is 7.73. The quantitative estimate of drug-likeness (QED) is 0.555. The van der Waals surface area contributed by atoms with E-state index in [1.807, 2.05) is 19.9 Å². The second-order valence-corrected chi connectivity index (χ2v) is 7.49. The number of rotatable bonds is 9. The van der Waals surface area contributed by atoms with Gasteiger partial charge in [-0.15, -0.1) is 0 Å². The molecule has 4 unspecified atom stereocenters. The van der Waals surface area contributed by atoms with Gasteiger partial charge in [0.05, 0.1) is 12.2 Å². The minimum atomic E-state index is -0.467. The van der Waals surface area contributed by atoms with Crippen LogP contribution in [0.3, 0.4) is 0 Å². The van der Waals surface area contributed by atoms with Gasteiger partial charge in [0.1, 0.15) is 6.67 Å². The van der Waals surface area contributed by atoms with E-state index in [4.69, 9.17) is 0 Å². The molecule has 0 spiro atoms.